The number of benzene rings is 4. The molecular formula is C37H40N4O3. The smallest absolute Gasteiger partial charge is 0.227 e. The fraction of sp³-hybridized carbons (Fsp3) is 0.297. The number of amides is 2. The predicted molar refractivity (Wildman–Crippen MR) is 174 cm³/mol. The zero-order valence-corrected chi connectivity index (χ0v) is 25.3. The van der Waals surface area contributed by atoms with Crippen molar-refractivity contribution in [1.82, 2.24) is 10.2 Å². The van der Waals surface area contributed by atoms with E-state index < -0.39 is 0 Å². The Bertz CT molecular complexity index is 1650. The highest BCUT2D eigenvalue weighted by Crippen LogP contribution is 2.38. The van der Waals surface area contributed by atoms with E-state index in [0.717, 1.165) is 43.5 Å². The minimum absolute atomic E-state index is 0.0369. The van der Waals surface area contributed by atoms with Crippen LogP contribution >= 0.6 is 0 Å². The number of rotatable bonds is 11. The minimum atomic E-state index is -0.135. The van der Waals surface area contributed by atoms with Crippen molar-refractivity contribution in [1.29, 1.82) is 0 Å². The molecule has 2 amide bonds. The fourth-order valence-electron chi connectivity index (χ4n) is 6.30. The summed E-state index contributed by atoms with van der Waals surface area (Å²) in [5, 5.41) is 3.08. The normalized spacial score (nSPS) is 14.5. The fourth-order valence-corrected chi connectivity index (χ4v) is 6.30. The Morgan fingerprint density at radius 1 is 0.864 bits per heavy atom. The average Bonchev–Trinajstić information content (AvgIpc) is 3.71. The minimum Gasteiger partial charge on any atom is -0.455 e. The zero-order chi connectivity index (χ0) is 30.5. The Morgan fingerprint density at radius 2 is 1.64 bits per heavy atom. The van der Waals surface area contributed by atoms with Crippen molar-refractivity contribution < 1.29 is 14.3 Å². The summed E-state index contributed by atoms with van der Waals surface area (Å²) in [7, 11) is 0. The van der Waals surface area contributed by atoms with Crippen molar-refractivity contribution in [2.75, 3.05) is 18.0 Å². The van der Waals surface area contributed by atoms with Gasteiger partial charge < -0.3 is 20.7 Å². The van der Waals surface area contributed by atoms with Gasteiger partial charge in [0.15, 0.2) is 5.75 Å². The van der Waals surface area contributed by atoms with Crippen LogP contribution in [0.4, 0.5) is 5.69 Å². The highest BCUT2D eigenvalue weighted by atomic mass is 16.5. The molecule has 1 fully saturated rings. The Labute approximate surface area is 259 Å². The Morgan fingerprint density at radius 3 is 2.48 bits per heavy atom. The van der Waals surface area contributed by atoms with Crippen molar-refractivity contribution in [2.45, 2.75) is 58.3 Å². The number of para-hydroxylation sites is 2. The van der Waals surface area contributed by atoms with E-state index in [1.165, 1.54) is 22.3 Å². The van der Waals surface area contributed by atoms with Gasteiger partial charge in [-0.1, -0.05) is 66.7 Å². The largest absolute Gasteiger partial charge is 0.455 e. The maximum atomic E-state index is 14.0. The lowest BCUT2D eigenvalue weighted by molar-refractivity contribution is -0.126. The Kier molecular flexibility index (Phi) is 9.05. The summed E-state index contributed by atoms with van der Waals surface area (Å²) >= 11 is 0. The Balaban J connectivity index is 1.24. The van der Waals surface area contributed by atoms with E-state index in [-0.39, 0.29) is 30.8 Å². The van der Waals surface area contributed by atoms with Gasteiger partial charge in [-0.2, -0.15) is 0 Å². The number of carbonyl (C=O) groups excluding carboxylic acids is 2. The van der Waals surface area contributed by atoms with Gasteiger partial charge in [0.25, 0.3) is 0 Å². The zero-order valence-electron chi connectivity index (χ0n) is 25.3. The molecule has 4 aromatic carbocycles. The molecule has 1 heterocycles. The van der Waals surface area contributed by atoms with Crippen LogP contribution in [0.1, 0.15) is 54.9 Å². The maximum Gasteiger partial charge on any atom is 0.227 e. The first-order chi connectivity index (χ1) is 21.5. The lowest BCUT2D eigenvalue weighted by atomic mass is 10.0. The first-order valence-electron chi connectivity index (χ1n) is 15.6. The van der Waals surface area contributed by atoms with Crippen LogP contribution in [0.3, 0.4) is 0 Å². The molecule has 6 rings (SSSR count). The van der Waals surface area contributed by atoms with Gasteiger partial charge in [0.2, 0.25) is 11.8 Å². The molecule has 0 radical (unpaired) electrons. The summed E-state index contributed by atoms with van der Waals surface area (Å²) in [5.74, 6) is 0.967. The standard InChI is InChI=1S/C37H40N4O3/c1-26(40-19-6-7-20-40)39-36(42)17-18-37(43)41(25-28-15-16-33-30(21-28)23-29-10-2-3-12-32(29)33)34-13-4-5-14-35(34)44-31-11-8-9-27(22-31)24-38/h2-5,8-16,21-22,26H,6-7,17-20,23-25,38H2,1H3,(H,39,42). The van der Waals surface area contributed by atoms with Crippen LogP contribution in [-0.4, -0.2) is 36.0 Å². The van der Waals surface area contributed by atoms with E-state index in [1.54, 1.807) is 4.90 Å². The molecular weight excluding hydrogens is 548 g/mol. The molecule has 3 N–H and O–H groups in total. The van der Waals surface area contributed by atoms with Gasteiger partial charge >= 0.3 is 0 Å². The number of hydrogen-bond acceptors (Lipinski definition) is 5. The van der Waals surface area contributed by atoms with E-state index in [4.69, 9.17) is 10.5 Å². The number of anilines is 1. The quantitative estimate of drug-likeness (QED) is 0.187. The van der Waals surface area contributed by atoms with Gasteiger partial charge in [-0.15, -0.1) is 0 Å². The van der Waals surface area contributed by atoms with Crippen molar-refractivity contribution in [3.8, 4) is 22.6 Å². The molecule has 1 aliphatic heterocycles. The van der Waals surface area contributed by atoms with Crippen LogP contribution in [0.2, 0.25) is 0 Å². The molecule has 2 aliphatic rings. The molecule has 44 heavy (non-hydrogen) atoms. The first-order valence-corrected chi connectivity index (χ1v) is 15.6. The number of fused-ring (bicyclic) bond motifs is 3. The number of nitrogens with two attached hydrogens (primary N) is 1. The number of hydrogen-bond donors (Lipinski definition) is 2. The third-order valence-corrected chi connectivity index (χ3v) is 8.64. The molecule has 4 aromatic rings. The predicted octanol–water partition coefficient (Wildman–Crippen LogP) is 6.38. The van der Waals surface area contributed by atoms with Crippen LogP contribution in [-0.2, 0) is 29.1 Å². The second-order valence-electron chi connectivity index (χ2n) is 11.7. The van der Waals surface area contributed by atoms with Crippen molar-refractivity contribution >= 4 is 17.5 Å². The molecule has 0 bridgehead atoms. The molecule has 0 spiro atoms. The lowest BCUT2D eigenvalue weighted by Crippen LogP contribution is -2.45. The van der Waals surface area contributed by atoms with Crippen molar-refractivity contribution in [3.05, 3.63) is 113 Å². The van der Waals surface area contributed by atoms with Crippen LogP contribution in [0, 0.1) is 0 Å². The number of nitrogens with zero attached hydrogens (tertiary/aromatic N) is 2. The molecule has 1 unspecified atom stereocenters. The Hall–Kier alpha value is -4.46. The molecule has 0 saturated carbocycles. The summed E-state index contributed by atoms with van der Waals surface area (Å²) in [6.07, 6.45) is 3.35. The summed E-state index contributed by atoms with van der Waals surface area (Å²) in [6.45, 7) is 4.76. The van der Waals surface area contributed by atoms with Gasteiger partial charge in [-0.25, -0.2) is 0 Å². The molecule has 0 aromatic heterocycles. The van der Waals surface area contributed by atoms with Crippen LogP contribution in [0.5, 0.6) is 11.5 Å². The number of likely N-dealkylation sites (tertiary alicyclic amines) is 1. The van der Waals surface area contributed by atoms with Crippen LogP contribution < -0.4 is 20.7 Å². The molecule has 1 saturated heterocycles. The van der Waals surface area contributed by atoms with E-state index >= 15 is 0 Å². The monoisotopic (exact) mass is 588 g/mol. The molecule has 1 aliphatic carbocycles. The average molecular weight is 589 g/mol. The van der Waals surface area contributed by atoms with Crippen molar-refractivity contribution in [2.24, 2.45) is 5.73 Å². The highest BCUT2D eigenvalue weighted by Gasteiger charge is 2.25. The van der Waals surface area contributed by atoms with Gasteiger partial charge in [0, 0.05) is 32.5 Å². The van der Waals surface area contributed by atoms with Gasteiger partial charge in [0.1, 0.15) is 5.75 Å². The SMILES string of the molecule is CC(NC(=O)CCC(=O)N(Cc1ccc2c(c1)Cc1ccccc1-2)c1ccccc1Oc1cccc(CN)c1)N1CCCC1. The first kappa shape index (κ1) is 29.6. The van der Waals surface area contributed by atoms with E-state index in [0.29, 0.717) is 30.3 Å². The summed E-state index contributed by atoms with van der Waals surface area (Å²) in [6, 6.07) is 30.2. The van der Waals surface area contributed by atoms with Crippen molar-refractivity contribution in [3.63, 3.8) is 0 Å². The second-order valence-corrected chi connectivity index (χ2v) is 11.7. The van der Waals surface area contributed by atoms with Gasteiger partial charge in [0.05, 0.1) is 18.4 Å². The number of nitrogens with one attached hydrogen (secondary N) is 1. The molecule has 7 heteroatoms. The molecule has 1 atom stereocenters. The third-order valence-electron chi connectivity index (χ3n) is 8.64. The number of ether oxygens (including phenoxy) is 1. The summed E-state index contributed by atoms with van der Waals surface area (Å²) < 4.78 is 6.34. The summed E-state index contributed by atoms with van der Waals surface area (Å²) in [5.41, 5.74) is 13.6. The number of carbonyl (C=O) groups is 2. The highest BCUT2D eigenvalue weighted by molar-refractivity contribution is 5.96. The van der Waals surface area contributed by atoms with Gasteiger partial charge in [-0.05, 0) is 83.8 Å². The topological polar surface area (TPSA) is 87.9 Å². The molecule has 7 nitrogen and oxygen atoms in total. The van der Waals surface area contributed by atoms with Crippen LogP contribution in [0.25, 0.3) is 11.1 Å². The third kappa shape index (κ3) is 6.69. The summed E-state index contributed by atoms with van der Waals surface area (Å²) in [4.78, 5) is 30.9. The maximum absolute atomic E-state index is 14.0. The van der Waals surface area contributed by atoms with E-state index in [1.807, 2.05) is 55.5 Å². The van der Waals surface area contributed by atoms with E-state index in [9.17, 15) is 9.59 Å². The lowest BCUT2D eigenvalue weighted by Gasteiger charge is -2.26. The second kappa shape index (κ2) is 13.5. The van der Waals surface area contributed by atoms with Crippen LogP contribution in [0.15, 0.2) is 91.0 Å². The molecule has 226 valence electrons. The van der Waals surface area contributed by atoms with Gasteiger partial charge in [-0.3, -0.25) is 14.5 Å². The van der Waals surface area contributed by atoms with E-state index in [2.05, 4.69) is 52.7 Å².